The highest BCUT2D eigenvalue weighted by molar-refractivity contribution is 5.96. The fourth-order valence-corrected chi connectivity index (χ4v) is 3.46. The van der Waals surface area contributed by atoms with E-state index in [1.165, 1.54) is 18.2 Å². The Balaban J connectivity index is 1.42. The number of anilines is 2. The van der Waals surface area contributed by atoms with Crippen LogP contribution in [0.2, 0.25) is 0 Å². The molecule has 11 nitrogen and oxygen atoms in total. The Hall–Kier alpha value is -2.82. The van der Waals surface area contributed by atoms with Crippen LogP contribution in [-0.2, 0) is 44.1 Å². The topological polar surface area (TPSA) is 123 Å². The molecule has 2 rings (SSSR count). The summed E-state index contributed by atoms with van der Waals surface area (Å²) in [7, 11) is 0. The Morgan fingerprint density at radius 1 is 0.614 bits per heavy atom. The van der Waals surface area contributed by atoms with Crippen molar-refractivity contribution < 1.29 is 61.0 Å². The van der Waals surface area contributed by atoms with Gasteiger partial charge < -0.3 is 48.3 Å². The Kier molecular flexibility index (Phi) is 20.0. The van der Waals surface area contributed by atoms with E-state index in [4.69, 9.17) is 43.0 Å². The molecule has 0 unspecified atom stereocenters. The van der Waals surface area contributed by atoms with Gasteiger partial charge in [-0.1, -0.05) is 18.2 Å². The molecule has 0 fully saturated rings. The van der Waals surface area contributed by atoms with Gasteiger partial charge in [-0.15, -0.1) is 0 Å². The summed E-state index contributed by atoms with van der Waals surface area (Å²) in [6, 6.07) is 11.1. The van der Waals surface area contributed by atoms with E-state index >= 15 is 0 Å². The third-order valence-corrected chi connectivity index (χ3v) is 5.54. The van der Waals surface area contributed by atoms with Gasteiger partial charge in [0.15, 0.2) is 0 Å². The first-order chi connectivity index (χ1) is 21.4. The molecule has 0 saturated heterocycles. The predicted molar refractivity (Wildman–Crippen MR) is 154 cm³/mol. The van der Waals surface area contributed by atoms with Gasteiger partial charge in [-0.25, -0.2) is 4.79 Å². The molecular weight excluding hydrogens is 591 g/mol. The molecule has 44 heavy (non-hydrogen) atoms. The van der Waals surface area contributed by atoms with Gasteiger partial charge in [0.25, 0.3) is 0 Å². The van der Waals surface area contributed by atoms with E-state index in [0.29, 0.717) is 91.6 Å². The number of nitrogens with one attached hydrogen (secondary N) is 1. The molecule has 2 aromatic rings. The predicted octanol–water partition coefficient (Wildman–Crippen LogP) is 3.71. The largest absolute Gasteiger partial charge is 0.460 e. The number of carbonyl (C=O) groups excluding carboxylic acids is 1. The summed E-state index contributed by atoms with van der Waals surface area (Å²) in [5.74, 6) is -0.629. The molecule has 2 N–H and O–H groups in total. The van der Waals surface area contributed by atoms with Gasteiger partial charge in [-0.3, -0.25) is 0 Å². The Labute approximate surface area is 255 Å². The molecule has 0 amide bonds. The maximum absolute atomic E-state index is 13.0. The number of rotatable bonds is 26. The molecule has 0 aliphatic heterocycles. The zero-order chi connectivity index (χ0) is 31.7. The summed E-state index contributed by atoms with van der Waals surface area (Å²) in [6.07, 6.45) is -4.47. The lowest BCUT2D eigenvalue weighted by Gasteiger charge is -2.13. The van der Waals surface area contributed by atoms with Gasteiger partial charge in [0.05, 0.1) is 116 Å². The molecule has 0 atom stereocenters. The maximum Gasteiger partial charge on any atom is 0.416 e. The first-order valence-corrected chi connectivity index (χ1v) is 14.3. The van der Waals surface area contributed by atoms with E-state index < -0.39 is 17.7 Å². The standard InChI is InChI=1S/C30H42F3NO10/c31-30(32,33)25-4-3-5-26(24-25)34-28-7-2-1-6-27(28)29(36)44-23-22-43-21-20-42-19-18-41-17-16-40-15-14-39-13-12-38-11-10-37-9-8-35/h1-7,24,34-35H,8-23H2. The van der Waals surface area contributed by atoms with Crippen LogP contribution in [0, 0.1) is 0 Å². The van der Waals surface area contributed by atoms with Crippen LogP contribution in [0.4, 0.5) is 24.5 Å². The number of benzene rings is 2. The number of para-hydroxylation sites is 1. The van der Waals surface area contributed by atoms with E-state index in [0.717, 1.165) is 12.1 Å². The van der Waals surface area contributed by atoms with Gasteiger partial charge in [0.2, 0.25) is 0 Å². The SMILES string of the molecule is O=C(OCCOCCOCCOCCOCCOCCOCCOCCO)c1ccccc1Nc1cccc(C(F)(F)F)c1. The van der Waals surface area contributed by atoms with Crippen molar-refractivity contribution in [3.8, 4) is 0 Å². The minimum absolute atomic E-state index is 0.000207. The number of hydrogen-bond donors (Lipinski definition) is 2. The van der Waals surface area contributed by atoms with Crippen LogP contribution < -0.4 is 5.32 Å². The van der Waals surface area contributed by atoms with Gasteiger partial charge in [0.1, 0.15) is 6.61 Å². The van der Waals surface area contributed by atoms with Crippen molar-refractivity contribution in [2.75, 3.05) is 111 Å². The summed E-state index contributed by atoms with van der Waals surface area (Å²) < 4.78 is 81.7. The van der Waals surface area contributed by atoms with Crippen molar-refractivity contribution in [2.24, 2.45) is 0 Å². The van der Waals surface area contributed by atoms with Gasteiger partial charge >= 0.3 is 12.1 Å². The molecule has 0 spiro atoms. The van der Waals surface area contributed by atoms with Crippen LogP contribution >= 0.6 is 0 Å². The molecule has 0 bridgehead atoms. The Bertz CT molecular complexity index is 1030. The number of hydrogen-bond acceptors (Lipinski definition) is 11. The highest BCUT2D eigenvalue weighted by Gasteiger charge is 2.30. The molecule has 0 heterocycles. The van der Waals surface area contributed by atoms with Crippen LogP contribution in [0.3, 0.4) is 0 Å². The van der Waals surface area contributed by atoms with Gasteiger partial charge in [-0.2, -0.15) is 13.2 Å². The zero-order valence-electron chi connectivity index (χ0n) is 24.7. The highest BCUT2D eigenvalue weighted by atomic mass is 19.4. The molecular formula is C30H42F3NO10. The second-order valence-electron chi connectivity index (χ2n) is 8.90. The number of aliphatic hydroxyl groups excluding tert-OH is 1. The van der Waals surface area contributed by atoms with Crippen LogP contribution in [0.25, 0.3) is 0 Å². The molecule has 14 heteroatoms. The quantitative estimate of drug-likeness (QED) is 0.116. The molecule has 0 aliphatic carbocycles. The number of ether oxygens (including phenoxy) is 8. The number of aliphatic hydroxyl groups is 1. The van der Waals surface area contributed by atoms with Crippen molar-refractivity contribution in [2.45, 2.75) is 6.18 Å². The first kappa shape index (κ1) is 37.4. The minimum Gasteiger partial charge on any atom is -0.460 e. The summed E-state index contributed by atoms with van der Waals surface area (Å²) >= 11 is 0. The molecule has 0 radical (unpaired) electrons. The molecule has 248 valence electrons. The lowest BCUT2D eigenvalue weighted by molar-refractivity contribution is -0.137. The van der Waals surface area contributed by atoms with Crippen molar-refractivity contribution in [3.05, 3.63) is 59.7 Å². The van der Waals surface area contributed by atoms with Crippen molar-refractivity contribution in [1.29, 1.82) is 0 Å². The van der Waals surface area contributed by atoms with Gasteiger partial charge in [-0.05, 0) is 30.3 Å². The van der Waals surface area contributed by atoms with Crippen molar-refractivity contribution in [3.63, 3.8) is 0 Å². The second kappa shape index (κ2) is 23.5. The van der Waals surface area contributed by atoms with E-state index in [2.05, 4.69) is 5.32 Å². The highest BCUT2D eigenvalue weighted by Crippen LogP contribution is 2.32. The molecule has 2 aromatic carbocycles. The number of esters is 1. The number of halogens is 3. The zero-order valence-corrected chi connectivity index (χ0v) is 24.7. The fraction of sp³-hybridized carbons (Fsp3) is 0.567. The molecule has 0 aliphatic rings. The third-order valence-electron chi connectivity index (χ3n) is 5.54. The maximum atomic E-state index is 13.0. The fourth-order valence-electron chi connectivity index (χ4n) is 3.46. The average molecular weight is 634 g/mol. The average Bonchev–Trinajstić information content (AvgIpc) is 3.01. The van der Waals surface area contributed by atoms with E-state index in [9.17, 15) is 18.0 Å². The normalized spacial score (nSPS) is 11.5. The van der Waals surface area contributed by atoms with Crippen molar-refractivity contribution >= 4 is 17.3 Å². The third kappa shape index (κ3) is 17.5. The molecule has 0 saturated carbocycles. The first-order valence-electron chi connectivity index (χ1n) is 14.3. The van der Waals surface area contributed by atoms with E-state index in [-0.39, 0.29) is 31.1 Å². The summed E-state index contributed by atoms with van der Waals surface area (Å²) in [4.78, 5) is 12.5. The van der Waals surface area contributed by atoms with E-state index in [1.807, 2.05) is 0 Å². The number of carbonyl (C=O) groups is 1. The lowest BCUT2D eigenvalue weighted by atomic mass is 10.1. The number of alkyl halides is 3. The Morgan fingerprint density at radius 3 is 1.55 bits per heavy atom. The van der Waals surface area contributed by atoms with Crippen molar-refractivity contribution in [1.82, 2.24) is 0 Å². The summed E-state index contributed by atoms with van der Waals surface area (Å²) in [6.45, 7) is 5.53. The Morgan fingerprint density at radius 2 is 1.07 bits per heavy atom. The summed E-state index contributed by atoms with van der Waals surface area (Å²) in [5.41, 5.74) is -0.0899. The van der Waals surface area contributed by atoms with Crippen LogP contribution in [-0.4, -0.2) is 117 Å². The van der Waals surface area contributed by atoms with Crippen LogP contribution in [0.5, 0.6) is 0 Å². The van der Waals surface area contributed by atoms with Gasteiger partial charge in [0, 0.05) is 5.69 Å². The minimum atomic E-state index is -4.47. The lowest BCUT2D eigenvalue weighted by Crippen LogP contribution is -2.15. The van der Waals surface area contributed by atoms with E-state index in [1.54, 1.807) is 18.2 Å². The monoisotopic (exact) mass is 633 g/mol. The van der Waals surface area contributed by atoms with Crippen LogP contribution in [0.1, 0.15) is 15.9 Å². The van der Waals surface area contributed by atoms with Crippen LogP contribution in [0.15, 0.2) is 48.5 Å². The molecule has 0 aromatic heterocycles. The second-order valence-corrected chi connectivity index (χ2v) is 8.90. The smallest absolute Gasteiger partial charge is 0.416 e. The summed E-state index contributed by atoms with van der Waals surface area (Å²) in [5, 5.41) is 11.4.